The quantitative estimate of drug-likeness (QED) is 0.851. The Labute approximate surface area is 99.9 Å². The maximum absolute atomic E-state index is 11.8. The van der Waals surface area contributed by atoms with Crippen LogP contribution in [0.4, 0.5) is 0 Å². The Kier molecular flexibility index (Phi) is 2.83. The molecule has 0 unspecified atom stereocenters. The Balaban J connectivity index is 2.65. The van der Waals surface area contributed by atoms with Crippen LogP contribution in [0.15, 0.2) is 6.33 Å². The predicted molar refractivity (Wildman–Crippen MR) is 65.2 cm³/mol. The molecule has 0 spiro atoms. The van der Waals surface area contributed by atoms with Gasteiger partial charge in [-0.05, 0) is 33.3 Å². The van der Waals surface area contributed by atoms with E-state index in [1.165, 1.54) is 0 Å². The van der Waals surface area contributed by atoms with Gasteiger partial charge in [-0.25, -0.2) is 9.97 Å². The van der Waals surface area contributed by atoms with Crippen LogP contribution >= 0.6 is 0 Å². The number of aromatic nitrogens is 3. The Bertz CT molecular complexity index is 586. The number of rotatable bonds is 2. The monoisotopic (exact) mass is 232 g/mol. The average molecular weight is 232 g/mol. The summed E-state index contributed by atoms with van der Waals surface area (Å²) >= 11 is 0. The zero-order valence-electron chi connectivity index (χ0n) is 10.5. The van der Waals surface area contributed by atoms with Crippen LogP contribution < -0.4 is 5.32 Å². The third kappa shape index (κ3) is 1.77. The summed E-state index contributed by atoms with van der Waals surface area (Å²) in [6.45, 7) is 8.42. The van der Waals surface area contributed by atoms with Crippen LogP contribution in [0.5, 0.6) is 0 Å². The number of amides is 1. The normalized spacial score (nSPS) is 10.8. The van der Waals surface area contributed by atoms with Crippen LogP contribution in [-0.4, -0.2) is 26.8 Å². The molecule has 1 N–H and O–H groups in total. The molecule has 0 saturated carbocycles. The number of nitrogens with one attached hydrogen (secondary N) is 1. The number of hydrogen-bond donors (Lipinski definition) is 1. The zero-order chi connectivity index (χ0) is 12.6. The summed E-state index contributed by atoms with van der Waals surface area (Å²) in [6, 6.07) is 0. The Morgan fingerprint density at radius 1 is 1.41 bits per heavy atom. The van der Waals surface area contributed by atoms with E-state index in [0.717, 1.165) is 17.0 Å². The lowest BCUT2D eigenvalue weighted by molar-refractivity contribution is 0.0953. The van der Waals surface area contributed by atoms with E-state index in [9.17, 15) is 4.79 Å². The van der Waals surface area contributed by atoms with Crippen molar-refractivity contribution in [1.82, 2.24) is 19.7 Å². The highest BCUT2D eigenvalue weighted by Crippen LogP contribution is 2.15. The van der Waals surface area contributed by atoms with Crippen LogP contribution in [0.1, 0.15) is 34.4 Å². The number of fused-ring (bicyclic) bond motifs is 1. The maximum atomic E-state index is 11.8. The summed E-state index contributed by atoms with van der Waals surface area (Å²) in [6.07, 6.45) is 1.65. The van der Waals surface area contributed by atoms with E-state index in [4.69, 9.17) is 0 Å². The maximum Gasteiger partial charge on any atom is 0.273 e. The molecule has 2 rings (SSSR count). The second kappa shape index (κ2) is 4.16. The number of nitrogens with zero attached hydrogens (tertiary/aromatic N) is 3. The van der Waals surface area contributed by atoms with E-state index in [1.54, 1.807) is 6.33 Å². The van der Waals surface area contributed by atoms with Gasteiger partial charge in [0.1, 0.15) is 6.33 Å². The highest BCUT2D eigenvalue weighted by Gasteiger charge is 2.16. The minimum Gasteiger partial charge on any atom is -0.351 e. The topological polar surface area (TPSA) is 59.3 Å². The van der Waals surface area contributed by atoms with Crippen molar-refractivity contribution in [3.63, 3.8) is 0 Å². The fraction of sp³-hybridized carbons (Fsp3) is 0.417. The number of imidazole rings is 1. The molecule has 0 aliphatic carbocycles. The Morgan fingerprint density at radius 3 is 2.76 bits per heavy atom. The summed E-state index contributed by atoms with van der Waals surface area (Å²) < 4.78 is 1.85. The van der Waals surface area contributed by atoms with Gasteiger partial charge in [0.25, 0.3) is 5.91 Å². The van der Waals surface area contributed by atoms with Gasteiger partial charge in [-0.15, -0.1) is 0 Å². The van der Waals surface area contributed by atoms with Crippen molar-refractivity contribution in [1.29, 1.82) is 0 Å². The van der Waals surface area contributed by atoms with Gasteiger partial charge >= 0.3 is 0 Å². The van der Waals surface area contributed by atoms with Crippen molar-refractivity contribution < 1.29 is 4.79 Å². The summed E-state index contributed by atoms with van der Waals surface area (Å²) in [5.41, 5.74) is 4.13. The lowest BCUT2D eigenvalue weighted by Crippen LogP contribution is -2.23. The van der Waals surface area contributed by atoms with Gasteiger partial charge in [-0.3, -0.25) is 9.20 Å². The van der Waals surface area contributed by atoms with Crippen molar-refractivity contribution in [3.8, 4) is 0 Å². The molecular weight excluding hydrogens is 216 g/mol. The summed E-state index contributed by atoms with van der Waals surface area (Å²) in [7, 11) is 0. The largest absolute Gasteiger partial charge is 0.351 e. The molecule has 2 heterocycles. The Morgan fingerprint density at radius 2 is 2.12 bits per heavy atom. The fourth-order valence-electron chi connectivity index (χ4n) is 1.78. The smallest absolute Gasteiger partial charge is 0.273 e. The molecule has 2 aromatic heterocycles. The number of aryl methyl sites for hydroxylation is 2. The van der Waals surface area contributed by atoms with Crippen molar-refractivity contribution in [2.75, 3.05) is 6.54 Å². The Hall–Kier alpha value is -1.91. The van der Waals surface area contributed by atoms with E-state index in [0.29, 0.717) is 17.9 Å². The van der Waals surface area contributed by atoms with E-state index in [2.05, 4.69) is 15.3 Å². The summed E-state index contributed by atoms with van der Waals surface area (Å²) in [5, 5.41) is 2.74. The third-order valence-corrected chi connectivity index (χ3v) is 3.02. The molecular formula is C12H16N4O. The lowest BCUT2D eigenvalue weighted by Gasteiger charge is -2.07. The second-order valence-corrected chi connectivity index (χ2v) is 4.05. The minimum atomic E-state index is -0.176. The average Bonchev–Trinajstić information content (AvgIpc) is 2.70. The van der Waals surface area contributed by atoms with Crippen molar-refractivity contribution >= 4 is 11.6 Å². The molecule has 0 bridgehead atoms. The lowest BCUT2D eigenvalue weighted by atomic mass is 10.2. The van der Waals surface area contributed by atoms with E-state index >= 15 is 0 Å². The number of carbonyl (C=O) groups excluding carboxylic acids is 1. The minimum absolute atomic E-state index is 0.176. The van der Waals surface area contributed by atoms with Crippen LogP contribution in [0.25, 0.3) is 5.65 Å². The van der Waals surface area contributed by atoms with Gasteiger partial charge in [-0.2, -0.15) is 0 Å². The van der Waals surface area contributed by atoms with Crippen LogP contribution in [0, 0.1) is 20.8 Å². The standard InChI is InChI=1S/C12H16N4O/c1-5-13-12(17)10-11-15-8(3)7(2)9(4)16(11)6-14-10/h6H,5H2,1-4H3,(H,13,17). The molecule has 5 nitrogen and oxygen atoms in total. The first-order valence-corrected chi connectivity index (χ1v) is 5.65. The molecule has 5 heteroatoms. The molecule has 0 saturated heterocycles. The van der Waals surface area contributed by atoms with Gasteiger partial charge in [-0.1, -0.05) is 0 Å². The van der Waals surface area contributed by atoms with Crippen LogP contribution in [0.3, 0.4) is 0 Å². The SMILES string of the molecule is CCNC(=O)c1ncn2c(C)c(C)c(C)nc12. The predicted octanol–water partition coefficient (Wildman–Crippen LogP) is 1.40. The van der Waals surface area contributed by atoms with E-state index in [1.807, 2.05) is 32.1 Å². The van der Waals surface area contributed by atoms with E-state index in [-0.39, 0.29) is 5.91 Å². The van der Waals surface area contributed by atoms with Crippen molar-refractivity contribution in [2.45, 2.75) is 27.7 Å². The van der Waals surface area contributed by atoms with Gasteiger partial charge in [0.2, 0.25) is 0 Å². The number of hydrogen-bond acceptors (Lipinski definition) is 3. The molecule has 1 amide bonds. The van der Waals surface area contributed by atoms with Gasteiger partial charge < -0.3 is 5.32 Å². The second-order valence-electron chi connectivity index (χ2n) is 4.05. The first-order valence-electron chi connectivity index (χ1n) is 5.65. The third-order valence-electron chi connectivity index (χ3n) is 3.02. The fourth-order valence-corrected chi connectivity index (χ4v) is 1.78. The van der Waals surface area contributed by atoms with Gasteiger partial charge in [0, 0.05) is 17.9 Å². The van der Waals surface area contributed by atoms with E-state index < -0.39 is 0 Å². The van der Waals surface area contributed by atoms with Crippen molar-refractivity contribution in [3.05, 3.63) is 29.0 Å². The molecule has 0 atom stereocenters. The molecule has 0 aliphatic heterocycles. The summed E-state index contributed by atoms with van der Waals surface area (Å²) in [5.74, 6) is -0.176. The van der Waals surface area contributed by atoms with Crippen LogP contribution in [-0.2, 0) is 0 Å². The van der Waals surface area contributed by atoms with Gasteiger partial charge in [0.05, 0.1) is 0 Å². The first kappa shape index (κ1) is 11.6. The first-order chi connectivity index (χ1) is 8.06. The molecule has 0 aliphatic rings. The van der Waals surface area contributed by atoms with Crippen LogP contribution in [0.2, 0.25) is 0 Å². The van der Waals surface area contributed by atoms with Crippen molar-refractivity contribution in [2.24, 2.45) is 0 Å². The molecule has 0 radical (unpaired) electrons. The summed E-state index contributed by atoms with van der Waals surface area (Å²) in [4.78, 5) is 20.4. The molecule has 0 fully saturated rings. The zero-order valence-corrected chi connectivity index (χ0v) is 10.5. The molecule has 2 aromatic rings. The molecule has 0 aromatic carbocycles. The highest BCUT2D eigenvalue weighted by atomic mass is 16.1. The highest BCUT2D eigenvalue weighted by molar-refractivity contribution is 5.97. The number of carbonyl (C=O) groups is 1. The molecule has 90 valence electrons. The molecule has 17 heavy (non-hydrogen) atoms. The van der Waals surface area contributed by atoms with Gasteiger partial charge in [0.15, 0.2) is 11.3 Å².